The number of pyridine rings is 1. The van der Waals surface area contributed by atoms with Crippen LogP contribution >= 0.6 is 11.3 Å². The Morgan fingerprint density at radius 3 is 2.79 bits per heavy atom. The molecule has 0 radical (unpaired) electrons. The van der Waals surface area contributed by atoms with Crippen LogP contribution in [-0.4, -0.2) is 4.98 Å². The van der Waals surface area contributed by atoms with Crippen LogP contribution in [0.4, 0.5) is 5.82 Å². The van der Waals surface area contributed by atoms with E-state index in [1.165, 1.54) is 0 Å². The minimum Gasteiger partial charge on any atom is -0.383 e. The fourth-order valence-corrected chi connectivity index (χ4v) is 2.06. The summed E-state index contributed by atoms with van der Waals surface area (Å²) in [6, 6.07) is 7.57. The molecule has 0 spiro atoms. The quantitative estimate of drug-likeness (QED) is 0.785. The summed E-state index contributed by atoms with van der Waals surface area (Å²) >= 11 is 1.63. The number of nitrogens with zero attached hydrogens (tertiary/aromatic N) is 1. The van der Waals surface area contributed by atoms with Gasteiger partial charge in [-0.1, -0.05) is 12.1 Å². The number of rotatable bonds is 2. The number of aromatic nitrogens is 1. The standard InChI is InChI=1S/C10H11N3S/c11-9(8-4-2-6-14-8)7-3-1-5-13-10(7)12/h1-6,9H,11H2,(H2,12,13). The molecule has 0 aromatic carbocycles. The van der Waals surface area contributed by atoms with Crippen molar-refractivity contribution in [2.45, 2.75) is 6.04 Å². The smallest absolute Gasteiger partial charge is 0.128 e. The highest BCUT2D eigenvalue weighted by Crippen LogP contribution is 2.25. The summed E-state index contributed by atoms with van der Waals surface area (Å²) in [7, 11) is 0. The van der Waals surface area contributed by atoms with Gasteiger partial charge >= 0.3 is 0 Å². The molecule has 2 aromatic rings. The monoisotopic (exact) mass is 205 g/mol. The second-order valence-corrected chi connectivity index (χ2v) is 3.95. The van der Waals surface area contributed by atoms with Gasteiger partial charge in [0.05, 0.1) is 6.04 Å². The van der Waals surface area contributed by atoms with Gasteiger partial charge in [-0.05, 0) is 17.5 Å². The molecule has 0 fully saturated rings. The van der Waals surface area contributed by atoms with Crippen molar-refractivity contribution in [3.05, 3.63) is 46.3 Å². The van der Waals surface area contributed by atoms with E-state index in [0.29, 0.717) is 5.82 Å². The lowest BCUT2D eigenvalue weighted by Crippen LogP contribution is -2.13. The van der Waals surface area contributed by atoms with Gasteiger partial charge in [-0.3, -0.25) is 0 Å². The number of nitrogen functional groups attached to an aromatic ring is 1. The van der Waals surface area contributed by atoms with Crippen LogP contribution < -0.4 is 11.5 Å². The maximum atomic E-state index is 6.05. The molecule has 1 unspecified atom stereocenters. The zero-order chi connectivity index (χ0) is 9.97. The fourth-order valence-electron chi connectivity index (χ4n) is 1.31. The van der Waals surface area contributed by atoms with Gasteiger partial charge in [0.2, 0.25) is 0 Å². The SMILES string of the molecule is Nc1ncccc1C(N)c1cccs1. The fraction of sp³-hybridized carbons (Fsp3) is 0.100. The Morgan fingerprint density at radius 2 is 2.14 bits per heavy atom. The molecular weight excluding hydrogens is 194 g/mol. The van der Waals surface area contributed by atoms with Crippen molar-refractivity contribution in [1.29, 1.82) is 0 Å². The van der Waals surface area contributed by atoms with Gasteiger partial charge in [0.1, 0.15) is 5.82 Å². The van der Waals surface area contributed by atoms with Crippen molar-refractivity contribution < 1.29 is 0 Å². The van der Waals surface area contributed by atoms with E-state index in [1.54, 1.807) is 17.5 Å². The molecule has 0 aliphatic rings. The second-order valence-electron chi connectivity index (χ2n) is 2.97. The molecule has 1 atom stereocenters. The third-order valence-electron chi connectivity index (χ3n) is 2.06. The van der Waals surface area contributed by atoms with Crippen LogP contribution in [0.5, 0.6) is 0 Å². The Bertz CT molecular complexity index is 411. The minimum absolute atomic E-state index is 0.163. The lowest BCUT2D eigenvalue weighted by atomic mass is 10.1. The molecule has 0 saturated carbocycles. The van der Waals surface area contributed by atoms with E-state index in [9.17, 15) is 0 Å². The number of anilines is 1. The number of thiophene rings is 1. The Kier molecular flexibility index (Phi) is 2.47. The van der Waals surface area contributed by atoms with Crippen molar-refractivity contribution in [2.24, 2.45) is 5.73 Å². The van der Waals surface area contributed by atoms with Gasteiger partial charge in [0.25, 0.3) is 0 Å². The van der Waals surface area contributed by atoms with Crippen LogP contribution in [-0.2, 0) is 0 Å². The highest BCUT2D eigenvalue weighted by atomic mass is 32.1. The molecule has 72 valence electrons. The van der Waals surface area contributed by atoms with Crippen molar-refractivity contribution in [2.75, 3.05) is 5.73 Å². The molecule has 4 heteroatoms. The van der Waals surface area contributed by atoms with E-state index in [0.717, 1.165) is 10.4 Å². The van der Waals surface area contributed by atoms with E-state index in [2.05, 4.69) is 4.98 Å². The molecule has 4 N–H and O–H groups in total. The Morgan fingerprint density at radius 1 is 1.29 bits per heavy atom. The first-order valence-corrected chi connectivity index (χ1v) is 5.16. The number of hydrogen-bond acceptors (Lipinski definition) is 4. The minimum atomic E-state index is -0.163. The van der Waals surface area contributed by atoms with Crippen LogP contribution in [0.25, 0.3) is 0 Å². The number of hydrogen-bond donors (Lipinski definition) is 2. The highest BCUT2D eigenvalue weighted by molar-refractivity contribution is 7.10. The molecule has 0 amide bonds. The molecule has 0 saturated heterocycles. The van der Waals surface area contributed by atoms with Crippen molar-refractivity contribution in [3.63, 3.8) is 0 Å². The van der Waals surface area contributed by atoms with Crippen molar-refractivity contribution in [1.82, 2.24) is 4.98 Å². The average Bonchev–Trinajstić information content (AvgIpc) is 2.70. The first kappa shape index (κ1) is 9.18. The van der Waals surface area contributed by atoms with E-state index in [1.807, 2.05) is 29.6 Å². The van der Waals surface area contributed by atoms with Gasteiger partial charge in [0.15, 0.2) is 0 Å². The van der Waals surface area contributed by atoms with Crippen LogP contribution in [0.3, 0.4) is 0 Å². The maximum absolute atomic E-state index is 6.05. The lowest BCUT2D eigenvalue weighted by molar-refractivity contribution is 0.889. The van der Waals surface area contributed by atoms with Gasteiger partial charge in [-0.15, -0.1) is 11.3 Å². The summed E-state index contributed by atoms with van der Waals surface area (Å²) in [6.07, 6.45) is 1.67. The summed E-state index contributed by atoms with van der Waals surface area (Å²) in [4.78, 5) is 5.11. The lowest BCUT2D eigenvalue weighted by Gasteiger charge is -2.11. The van der Waals surface area contributed by atoms with Crippen LogP contribution in [0.15, 0.2) is 35.8 Å². The van der Waals surface area contributed by atoms with Gasteiger partial charge in [0, 0.05) is 16.6 Å². The van der Waals surface area contributed by atoms with Gasteiger partial charge < -0.3 is 11.5 Å². The molecule has 0 aliphatic carbocycles. The molecule has 2 rings (SSSR count). The van der Waals surface area contributed by atoms with Crippen molar-refractivity contribution >= 4 is 17.2 Å². The van der Waals surface area contributed by atoms with Crippen LogP contribution in [0.2, 0.25) is 0 Å². The molecule has 3 nitrogen and oxygen atoms in total. The zero-order valence-electron chi connectivity index (χ0n) is 7.55. The summed E-state index contributed by atoms with van der Waals surface area (Å²) in [6.45, 7) is 0. The van der Waals surface area contributed by atoms with Crippen molar-refractivity contribution in [3.8, 4) is 0 Å². The first-order valence-electron chi connectivity index (χ1n) is 4.28. The van der Waals surface area contributed by atoms with E-state index in [-0.39, 0.29) is 6.04 Å². The highest BCUT2D eigenvalue weighted by Gasteiger charge is 2.12. The van der Waals surface area contributed by atoms with E-state index < -0.39 is 0 Å². The molecule has 2 heterocycles. The van der Waals surface area contributed by atoms with Gasteiger partial charge in [-0.2, -0.15) is 0 Å². The zero-order valence-corrected chi connectivity index (χ0v) is 8.37. The number of nitrogens with two attached hydrogens (primary N) is 2. The van der Waals surface area contributed by atoms with Crippen LogP contribution in [0.1, 0.15) is 16.5 Å². The maximum Gasteiger partial charge on any atom is 0.128 e. The third kappa shape index (κ3) is 1.62. The first-order chi connectivity index (χ1) is 6.79. The summed E-state index contributed by atoms with van der Waals surface area (Å²) in [5, 5.41) is 2.00. The molecule has 14 heavy (non-hydrogen) atoms. The summed E-state index contributed by atoms with van der Waals surface area (Å²) in [5.41, 5.74) is 12.7. The summed E-state index contributed by atoms with van der Waals surface area (Å²) < 4.78 is 0. The second kappa shape index (κ2) is 3.77. The molecule has 2 aromatic heterocycles. The van der Waals surface area contributed by atoms with Crippen LogP contribution in [0, 0.1) is 0 Å². The average molecular weight is 205 g/mol. The third-order valence-corrected chi connectivity index (χ3v) is 3.01. The molecular formula is C10H11N3S. The Balaban J connectivity index is 2.37. The largest absolute Gasteiger partial charge is 0.383 e. The van der Waals surface area contributed by atoms with Gasteiger partial charge in [-0.25, -0.2) is 4.98 Å². The predicted octanol–water partition coefficient (Wildman–Crippen LogP) is 1.77. The normalized spacial score (nSPS) is 12.6. The Hall–Kier alpha value is -1.39. The summed E-state index contributed by atoms with van der Waals surface area (Å²) in [5.74, 6) is 0.508. The molecule has 0 aliphatic heterocycles. The van der Waals surface area contributed by atoms with E-state index >= 15 is 0 Å². The Labute approximate surface area is 86.4 Å². The predicted molar refractivity (Wildman–Crippen MR) is 59.0 cm³/mol. The van der Waals surface area contributed by atoms with E-state index in [4.69, 9.17) is 11.5 Å². The topological polar surface area (TPSA) is 64.9 Å². The molecule has 0 bridgehead atoms.